The number of aromatic nitrogens is 2. The molecule has 0 radical (unpaired) electrons. The highest BCUT2D eigenvalue weighted by Crippen LogP contribution is 2.33. The van der Waals surface area contributed by atoms with Gasteiger partial charge in [-0.05, 0) is 25.2 Å². The summed E-state index contributed by atoms with van der Waals surface area (Å²) in [5, 5.41) is 10.4. The lowest BCUT2D eigenvalue weighted by molar-refractivity contribution is -0.120. The van der Waals surface area contributed by atoms with Gasteiger partial charge in [0, 0.05) is 5.92 Å². The highest BCUT2D eigenvalue weighted by atomic mass is 16.3. The Morgan fingerprint density at radius 1 is 1.33 bits per heavy atom. The van der Waals surface area contributed by atoms with Gasteiger partial charge < -0.3 is 10.1 Å². The Hall–Kier alpha value is -1.36. The van der Waals surface area contributed by atoms with E-state index < -0.39 is 6.10 Å². The maximum absolute atomic E-state index is 12.4. The molecule has 1 aromatic heterocycles. The number of rotatable bonds is 6. The second-order valence-corrected chi connectivity index (χ2v) is 6.55. The van der Waals surface area contributed by atoms with Gasteiger partial charge in [-0.15, -0.1) is 0 Å². The Morgan fingerprint density at radius 3 is 2.71 bits per heavy atom. The monoisotopic (exact) mass is 291 g/mol. The SMILES string of the molecule is O=C(C1CC1)N(C[C@H](O)CC1CCCCC1)c1cnc[nH]1. The molecule has 0 saturated heterocycles. The van der Waals surface area contributed by atoms with Crippen molar-refractivity contribution in [2.24, 2.45) is 11.8 Å². The van der Waals surface area contributed by atoms with Gasteiger partial charge in [0.2, 0.25) is 5.91 Å². The van der Waals surface area contributed by atoms with E-state index in [2.05, 4.69) is 9.97 Å². The predicted molar refractivity (Wildman–Crippen MR) is 80.9 cm³/mol. The first-order valence-corrected chi connectivity index (χ1v) is 8.22. The molecule has 0 spiro atoms. The van der Waals surface area contributed by atoms with Gasteiger partial charge in [0.15, 0.2) is 0 Å². The summed E-state index contributed by atoms with van der Waals surface area (Å²) in [6.07, 6.45) is 11.9. The van der Waals surface area contributed by atoms with Crippen LogP contribution in [0.3, 0.4) is 0 Å². The smallest absolute Gasteiger partial charge is 0.231 e. The number of amides is 1. The molecule has 1 heterocycles. The van der Waals surface area contributed by atoms with Crippen LogP contribution in [0, 0.1) is 11.8 Å². The van der Waals surface area contributed by atoms with Crippen molar-refractivity contribution in [3.63, 3.8) is 0 Å². The Bertz CT molecular complexity index is 450. The molecule has 1 atom stereocenters. The highest BCUT2D eigenvalue weighted by molar-refractivity contribution is 5.95. The number of imidazole rings is 1. The second-order valence-electron chi connectivity index (χ2n) is 6.55. The molecule has 2 N–H and O–H groups in total. The van der Waals surface area contributed by atoms with E-state index in [1.807, 2.05) is 0 Å². The lowest BCUT2D eigenvalue weighted by Gasteiger charge is -2.28. The topological polar surface area (TPSA) is 69.2 Å². The van der Waals surface area contributed by atoms with Crippen molar-refractivity contribution in [2.75, 3.05) is 11.4 Å². The molecular weight excluding hydrogens is 266 g/mol. The maximum Gasteiger partial charge on any atom is 0.231 e. The number of hydrogen-bond donors (Lipinski definition) is 2. The third kappa shape index (κ3) is 3.84. The molecule has 1 amide bonds. The fraction of sp³-hybridized carbons (Fsp3) is 0.750. The van der Waals surface area contributed by atoms with Gasteiger partial charge >= 0.3 is 0 Å². The number of nitrogens with zero attached hydrogens (tertiary/aromatic N) is 2. The molecule has 21 heavy (non-hydrogen) atoms. The first kappa shape index (κ1) is 14.6. The predicted octanol–water partition coefficient (Wildman–Crippen LogP) is 2.48. The lowest BCUT2D eigenvalue weighted by Crippen LogP contribution is -2.39. The van der Waals surface area contributed by atoms with Gasteiger partial charge in [-0.25, -0.2) is 4.98 Å². The number of H-pyrrole nitrogens is 1. The molecule has 5 nitrogen and oxygen atoms in total. The third-order valence-corrected chi connectivity index (χ3v) is 4.69. The summed E-state index contributed by atoms with van der Waals surface area (Å²) in [5.74, 6) is 1.60. The van der Waals surface area contributed by atoms with E-state index >= 15 is 0 Å². The first-order valence-electron chi connectivity index (χ1n) is 8.22. The molecule has 2 aliphatic carbocycles. The second kappa shape index (κ2) is 6.60. The summed E-state index contributed by atoms with van der Waals surface area (Å²) in [5.41, 5.74) is 0. The number of nitrogens with one attached hydrogen (secondary N) is 1. The van der Waals surface area contributed by atoms with Gasteiger partial charge in [0.1, 0.15) is 5.82 Å². The van der Waals surface area contributed by atoms with Crippen molar-refractivity contribution in [1.29, 1.82) is 0 Å². The standard InChI is InChI=1S/C16H25N3O2/c20-14(8-12-4-2-1-3-5-12)10-19(15-9-17-11-18-15)16(21)13-6-7-13/h9,11-14,20H,1-8,10H2,(H,17,18)/t14-/m1/s1. The Balaban J connectivity index is 1.59. The van der Waals surface area contributed by atoms with Gasteiger partial charge in [-0.3, -0.25) is 9.69 Å². The minimum absolute atomic E-state index is 0.127. The van der Waals surface area contributed by atoms with Gasteiger partial charge in [0.25, 0.3) is 0 Å². The van der Waals surface area contributed by atoms with E-state index in [0.717, 1.165) is 19.3 Å². The van der Waals surface area contributed by atoms with Gasteiger partial charge in [-0.2, -0.15) is 0 Å². The van der Waals surface area contributed by atoms with Gasteiger partial charge in [-0.1, -0.05) is 32.1 Å². The molecule has 3 rings (SSSR count). The number of aromatic amines is 1. The van der Waals surface area contributed by atoms with Crippen LogP contribution >= 0.6 is 0 Å². The van der Waals surface area contributed by atoms with Crippen molar-refractivity contribution in [1.82, 2.24) is 9.97 Å². The summed E-state index contributed by atoms with van der Waals surface area (Å²) in [6, 6.07) is 0. The lowest BCUT2D eigenvalue weighted by atomic mass is 9.85. The molecule has 2 aliphatic rings. The van der Waals surface area contributed by atoms with Crippen LogP contribution in [0.25, 0.3) is 0 Å². The number of aliphatic hydroxyl groups is 1. The number of hydrogen-bond acceptors (Lipinski definition) is 3. The Kier molecular flexibility index (Phi) is 4.58. The minimum atomic E-state index is -0.445. The molecule has 1 aromatic rings. The molecule has 0 bridgehead atoms. The van der Waals surface area contributed by atoms with E-state index in [4.69, 9.17) is 0 Å². The normalized spacial score (nSPS) is 21.2. The summed E-state index contributed by atoms with van der Waals surface area (Å²) in [7, 11) is 0. The summed E-state index contributed by atoms with van der Waals surface area (Å²) < 4.78 is 0. The van der Waals surface area contributed by atoms with Crippen LogP contribution in [-0.2, 0) is 4.79 Å². The average Bonchev–Trinajstić information content (AvgIpc) is 3.21. The summed E-state index contributed by atoms with van der Waals surface area (Å²) in [4.78, 5) is 21.1. The molecule has 0 aliphatic heterocycles. The van der Waals surface area contributed by atoms with Crippen molar-refractivity contribution < 1.29 is 9.90 Å². The van der Waals surface area contributed by atoms with Crippen LogP contribution in [0.2, 0.25) is 0 Å². The zero-order chi connectivity index (χ0) is 14.7. The van der Waals surface area contributed by atoms with Crippen molar-refractivity contribution in [3.8, 4) is 0 Å². The largest absolute Gasteiger partial charge is 0.391 e. The summed E-state index contributed by atoms with van der Waals surface area (Å²) in [6.45, 7) is 0.383. The van der Waals surface area contributed by atoms with Crippen LogP contribution in [0.1, 0.15) is 51.4 Å². The molecular formula is C16H25N3O2. The van der Waals surface area contributed by atoms with E-state index in [-0.39, 0.29) is 11.8 Å². The Morgan fingerprint density at radius 2 is 2.10 bits per heavy atom. The molecule has 2 saturated carbocycles. The van der Waals surface area contributed by atoms with Crippen LogP contribution in [0.5, 0.6) is 0 Å². The fourth-order valence-corrected chi connectivity index (χ4v) is 3.35. The number of carbonyl (C=O) groups excluding carboxylic acids is 1. The number of anilines is 1. The van der Waals surface area contributed by atoms with Gasteiger partial charge in [0.05, 0.1) is 25.2 Å². The third-order valence-electron chi connectivity index (χ3n) is 4.69. The van der Waals surface area contributed by atoms with Crippen molar-refractivity contribution >= 4 is 11.7 Å². The number of aliphatic hydroxyl groups excluding tert-OH is 1. The van der Waals surface area contributed by atoms with E-state index in [9.17, 15) is 9.90 Å². The van der Waals surface area contributed by atoms with Crippen LogP contribution < -0.4 is 4.90 Å². The zero-order valence-corrected chi connectivity index (χ0v) is 12.5. The van der Waals surface area contributed by atoms with E-state index in [1.165, 1.54) is 32.1 Å². The number of carbonyl (C=O) groups is 1. The molecule has 116 valence electrons. The fourth-order valence-electron chi connectivity index (χ4n) is 3.35. The molecule has 5 heteroatoms. The van der Waals surface area contributed by atoms with Crippen LogP contribution in [-0.4, -0.2) is 33.6 Å². The van der Waals surface area contributed by atoms with Crippen LogP contribution in [0.4, 0.5) is 5.82 Å². The van der Waals surface area contributed by atoms with E-state index in [1.54, 1.807) is 17.4 Å². The first-order chi connectivity index (χ1) is 10.2. The van der Waals surface area contributed by atoms with Crippen LogP contribution in [0.15, 0.2) is 12.5 Å². The van der Waals surface area contributed by atoms with E-state index in [0.29, 0.717) is 18.3 Å². The zero-order valence-electron chi connectivity index (χ0n) is 12.5. The minimum Gasteiger partial charge on any atom is -0.391 e. The summed E-state index contributed by atoms with van der Waals surface area (Å²) >= 11 is 0. The molecule has 0 aromatic carbocycles. The average molecular weight is 291 g/mol. The maximum atomic E-state index is 12.4. The Labute approximate surface area is 125 Å². The molecule has 2 fully saturated rings. The quantitative estimate of drug-likeness (QED) is 0.846. The molecule has 0 unspecified atom stereocenters. The van der Waals surface area contributed by atoms with Crippen molar-refractivity contribution in [2.45, 2.75) is 57.5 Å². The highest BCUT2D eigenvalue weighted by Gasteiger charge is 2.35. The van der Waals surface area contributed by atoms with Crippen molar-refractivity contribution in [3.05, 3.63) is 12.5 Å².